The third-order valence-corrected chi connectivity index (χ3v) is 5.21. The molecule has 0 aromatic heterocycles. The summed E-state index contributed by atoms with van der Waals surface area (Å²) in [6, 6.07) is 4.27. The zero-order valence-electron chi connectivity index (χ0n) is 11.1. The van der Waals surface area contributed by atoms with Gasteiger partial charge < -0.3 is 15.2 Å². The van der Waals surface area contributed by atoms with Crippen LogP contribution in [0.3, 0.4) is 0 Å². The maximum absolute atomic E-state index is 12.2. The van der Waals surface area contributed by atoms with Gasteiger partial charge in [-0.15, -0.1) is 0 Å². The number of hydrogen-bond donors (Lipinski definition) is 2. The van der Waals surface area contributed by atoms with Crippen molar-refractivity contribution in [3.63, 3.8) is 0 Å². The number of hydrogen-bond acceptors (Lipinski definition) is 5. The van der Waals surface area contributed by atoms with E-state index in [2.05, 4.69) is 4.72 Å². The number of nitrogens with one attached hydrogen (secondary N) is 1. The molecule has 1 unspecified atom stereocenters. The maximum Gasteiger partial charge on any atom is 0.242 e. The van der Waals surface area contributed by atoms with Gasteiger partial charge in [0.1, 0.15) is 10.5 Å². The average molecular weight is 321 g/mol. The quantitative estimate of drug-likeness (QED) is 0.790. The largest absolute Gasteiger partial charge is 0.399 e. The minimum Gasteiger partial charge on any atom is -0.399 e. The number of methoxy groups -OCH3 is 1. The van der Waals surface area contributed by atoms with E-state index < -0.39 is 15.6 Å². The molecule has 1 aromatic rings. The maximum atomic E-state index is 12.2. The van der Waals surface area contributed by atoms with E-state index in [4.69, 9.17) is 26.8 Å². The van der Waals surface area contributed by atoms with Crippen LogP contribution in [0.25, 0.3) is 0 Å². The molecule has 20 heavy (non-hydrogen) atoms. The van der Waals surface area contributed by atoms with Crippen LogP contribution in [0.1, 0.15) is 6.42 Å². The van der Waals surface area contributed by atoms with Crippen LogP contribution in [-0.4, -0.2) is 40.9 Å². The average Bonchev–Trinajstić information content (AvgIpc) is 2.85. The number of halogens is 1. The second-order valence-electron chi connectivity index (χ2n) is 4.70. The van der Waals surface area contributed by atoms with Gasteiger partial charge in [-0.05, 0) is 18.2 Å². The van der Waals surface area contributed by atoms with Crippen molar-refractivity contribution in [3.8, 4) is 0 Å². The van der Waals surface area contributed by atoms with Crippen molar-refractivity contribution in [2.24, 2.45) is 0 Å². The van der Waals surface area contributed by atoms with Crippen molar-refractivity contribution in [2.45, 2.75) is 16.9 Å². The first-order valence-corrected chi connectivity index (χ1v) is 7.92. The molecule has 6 nitrogen and oxygen atoms in total. The van der Waals surface area contributed by atoms with Gasteiger partial charge in [0.15, 0.2) is 0 Å². The fraction of sp³-hybridized carbons (Fsp3) is 0.500. The van der Waals surface area contributed by atoms with Gasteiger partial charge in [-0.1, -0.05) is 11.6 Å². The Kier molecular flexibility index (Phi) is 4.55. The molecule has 1 fully saturated rings. The molecule has 1 heterocycles. The zero-order valence-corrected chi connectivity index (χ0v) is 12.6. The molecule has 0 saturated carbocycles. The van der Waals surface area contributed by atoms with Crippen molar-refractivity contribution in [1.82, 2.24) is 4.72 Å². The standard InChI is InChI=1S/C12H17ClN2O4S/c1-18-12(4-5-19-8-12)7-15-20(16,17)11-3-2-9(14)6-10(11)13/h2-3,6,15H,4-5,7-8,14H2,1H3. The Morgan fingerprint density at radius 2 is 2.30 bits per heavy atom. The van der Waals surface area contributed by atoms with Crippen molar-refractivity contribution in [3.05, 3.63) is 23.2 Å². The van der Waals surface area contributed by atoms with Crippen LogP contribution >= 0.6 is 11.6 Å². The lowest BCUT2D eigenvalue weighted by molar-refractivity contribution is -0.0120. The summed E-state index contributed by atoms with van der Waals surface area (Å²) in [4.78, 5) is -0.00136. The molecule has 0 aliphatic carbocycles. The number of nitrogen functional groups attached to an aromatic ring is 1. The normalized spacial score (nSPS) is 23.1. The molecular formula is C12H17ClN2O4S. The topological polar surface area (TPSA) is 90.7 Å². The Morgan fingerprint density at radius 1 is 1.55 bits per heavy atom. The summed E-state index contributed by atoms with van der Waals surface area (Å²) in [5, 5.41) is 0.0895. The second-order valence-corrected chi connectivity index (χ2v) is 6.85. The van der Waals surface area contributed by atoms with E-state index in [-0.39, 0.29) is 16.5 Å². The number of sulfonamides is 1. The lowest BCUT2D eigenvalue weighted by atomic mass is 10.0. The molecule has 8 heteroatoms. The van der Waals surface area contributed by atoms with Gasteiger partial charge in [0.05, 0.1) is 11.6 Å². The van der Waals surface area contributed by atoms with Crippen molar-refractivity contribution < 1.29 is 17.9 Å². The fourth-order valence-corrected chi connectivity index (χ4v) is 3.67. The van der Waals surface area contributed by atoms with Gasteiger partial charge >= 0.3 is 0 Å². The Hall–Kier alpha value is -0.860. The van der Waals surface area contributed by atoms with Gasteiger partial charge in [0, 0.05) is 32.4 Å². The van der Waals surface area contributed by atoms with Crippen LogP contribution in [-0.2, 0) is 19.5 Å². The molecule has 1 aliphatic heterocycles. The summed E-state index contributed by atoms with van der Waals surface area (Å²) in [5.74, 6) is 0. The first kappa shape index (κ1) is 15.5. The van der Waals surface area contributed by atoms with Crippen LogP contribution in [0, 0.1) is 0 Å². The molecule has 1 aliphatic rings. The van der Waals surface area contributed by atoms with E-state index in [1.54, 1.807) is 7.11 Å². The summed E-state index contributed by atoms with van der Waals surface area (Å²) in [6.07, 6.45) is 0.640. The molecule has 3 N–H and O–H groups in total. The van der Waals surface area contributed by atoms with Crippen molar-refractivity contribution >= 4 is 27.3 Å². The van der Waals surface area contributed by atoms with Crippen LogP contribution < -0.4 is 10.5 Å². The highest BCUT2D eigenvalue weighted by Crippen LogP contribution is 2.25. The highest BCUT2D eigenvalue weighted by molar-refractivity contribution is 7.89. The predicted octanol–water partition coefficient (Wildman–Crippen LogP) is 1.01. The van der Waals surface area contributed by atoms with Crippen LogP contribution in [0.2, 0.25) is 5.02 Å². The summed E-state index contributed by atoms with van der Waals surface area (Å²) >= 11 is 5.92. The minimum atomic E-state index is -3.72. The lowest BCUT2D eigenvalue weighted by Crippen LogP contribution is -2.44. The highest BCUT2D eigenvalue weighted by Gasteiger charge is 2.36. The third kappa shape index (κ3) is 3.24. The van der Waals surface area contributed by atoms with Gasteiger partial charge in [-0.3, -0.25) is 0 Å². The molecule has 1 saturated heterocycles. The van der Waals surface area contributed by atoms with E-state index in [1.165, 1.54) is 18.2 Å². The number of rotatable bonds is 5. The SMILES string of the molecule is COC1(CNS(=O)(=O)c2ccc(N)cc2Cl)CCOC1. The summed E-state index contributed by atoms with van der Waals surface area (Å²) in [5.41, 5.74) is 5.34. The first-order valence-electron chi connectivity index (χ1n) is 6.06. The monoisotopic (exact) mass is 320 g/mol. The number of benzene rings is 1. The number of ether oxygens (including phenoxy) is 2. The summed E-state index contributed by atoms with van der Waals surface area (Å²) in [7, 11) is -2.18. The zero-order chi connectivity index (χ0) is 14.8. The summed E-state index contributed by atoms with van der Waals surface area (Å²) < 4.78 is 37.6. The van der Waals surface area contributed by atoms with Gasteiger partial charge in [-0.2, -0.15) is 0 Å². The predicted molar refractivity (Wildman–Crippen MR) is 76.2 cm³/mol. The molecule has 1 atom stereocenters. The minimum absolute atomic E-state index is 0.00136. The van der Waals surface area contributed by atoms with E-state index in [1.807, 2.05) is 0 Å². The molecule has 1 aromatic carbocycles. The Balaban J connectivity index is 2.15. The Morgan fingerprint density at radius 3 is 2.85 bits per heavy atom. The van der Waals surface area contributed by atoms with E-state index in [0.717, 1.165) is 0 Å². The van der Waals surface area contributed by atoms with Crippen LogP contribution in [0.5, 0.6) is 0 Å². The highest BCUT2D eigenvalue weighted by atomic mass is 35.5. The smallest absolute Gasteiger partial charge is 0.242 e. The number of nitrogens with two attached hydrogens (primary N) is 1. The van der Waals surface area contributed by atoms with Gasteiger partial charge in [0.25, 0.3) is 0 Å². The Bertz CT molecular complexity index is 585. The van der Waals surface area contributed by atoms with Crippen LogP contribution in [0.15, 0.2) is 23.1 Å². The molecular weight excluding hydrogens is 304 g/mol. The third-order valence-electron chi connectivity index (χ3n) is 3.33. The Labute approximate surface area is 123 Å². The van der Waals surface area contributed by atoms with Gasteiger partial charge in [-0.25, -0.2) is 13.1 Å². The number of anilines is 1. The second kappa shape index (κ2) is 5.87. The van der Waals surface area contributed by atoms with E-state index in [9.17, 15) is 8.42 Å². The lowest BCUT2D eigenvalue weighted by Gasteiger charge is -2.25. The van der Waals surface area contributed by atoms with Crippen molar-refractivity contribution in [1.29, 1.82) is 0 Å². The fourth-order valence-electron chi connectivity index (χ4n) is 2.00. The van der Waals surface area contributed by atoms with E-state index >= 15 is 0 Å². The van der Waals surface area contributed by atoms with Crippen LogP contribution in [0.4, 0.5) is 5.69 Å². The molecule has 2 rings (SSSR count). The molecule has 0 amide bonds. The first-order chi connectivity index (χ1) is 9.38. The molecule has 0 spiro atoms. The molecule has 112 valence electrons. The summed E-state index contributed by atoms with van der Waals surface area (Å²) in [6.45, 7) is 1.05. The molecule has 0 radical (unpaired) electrons. The van der Waals surface area contributed by atoms with E-state index in [0.29, 0.717) is 25.3 Å². The van der Waals surface area contributed by atoms with Crippen molar-refractivity contribution in [2.75, 3.05) is 32.6 Å². The van der Waals surface area contributed by atoms with Gasteiger partial charge in [0.2, 0.25) is 10.0 Å². The molecule has 0 bridgehead atoms.